The molecule has 0 amide bonds. The Hall–Kier alpha value is -1.06. The van der Waals surface area contributed by atoms with E-state index in [2.05, 4.69) is 0 Å². The molecular weight excluding hydrogens is 213 g/mol. The Labute approximate surface area is 50.6 Å². The molecule has 0 unspecified atom stereocenters. The standard InChI is InChI=1S/4CO.Ru/c4*1-2;. The molecule has 0 aliphatic carbocycles. The predicted molar refractivity (Wildman–Crippen MR) is 22.8 cm³/mol. The summed E-state index contributed by atoms with van der Waals surface area (Å²) in [4.78, 5) is 38.7. The summed E-state index contributed by atoms with van der Waals surface area (Å²) < 4.78 is 4.06. The quantitative estimate of drug-likeness (QED) is 0.455. The maximum atomic E-state index is 9.68. The van der Waals surface area contributed by atoms with Gasteiger partial charge in [-0.1, -0.05) is 0 Å². The molecule has 9 heavy (non-hydrogen) atoms. The minimum absolute atomic E-state index is 1.01. The molecular formula is C4O4Ru. The third-order valence-electron chi connectivity index (χ3n) is 0.433. The van der Waals surface area contributed by atoms with Crippen LogP contribution in [-0.4, -0.2) is 17.9 Å². The third kappa shape index (κ3) is 1.42. The van der Waals surface area contributed by atoms with E-state index < -0.39 is 13.0 Å². The molecule has 0 N–H and O–H groups in total. The molecule has 0 rings (SSSR count). The van der Waals surface area contributed by atoms with Crippen molar-refractivity contribution >= 4 is 17.9 Å². The number of rotatable bonds is 0. The van der Waals surface area contributed by atoms with Crippen LogP contribution in [0.4, 0.5) is 0 Å². The van der Waals surface area contributed by atoms with Crippen LogP contribution in [0.25, 0.3) is 0 Å². The average molecular weight is 213 g/mol. The van der Waals surface area contributed by atoms with Gasteiger partial charge in [-0.2, -0.15) is 0 Å². The van der Waals surface area contributed by atoms with Gasteiger partial charge in [0, 0.05) is 0 Å². The van der Waals surface area contributed by atoms with E-state index in [0.29, 0.717) is 0 Å². The van der Waals surface area contributed by atoms with Crippen LogP contribution < -0.4 is 0 Å². The summed E-state index contributed by atoms with van der Waals surface area (Å²) in [7, 11) is 0. The van der Waals surface area contributed by atoms with E-state index in [-0.39, 0.29) is 0 Å². The first-order chi connectivity index (χ1) is 4.24. The molecule has 0 saturated carbocycles. The molecule has 4 nitrogen and oxygen atoms in total. The molecule has 0 bridgehead atoms. The van der Waals surface area contributed by atoms with Crippen LogP contribution in [0.2, 0.25) is 0 Å². The summed E-state index contributed by atoms with van der Waals surface area (Å²) in [5.74, 6) is 0. The minimum atomic E-state index is -4.22. The zero-order valence-electron chi connectivity index (χ0n) is 3.99. The Morgan fingerprint density at radius 1 is 0.667 bits per heavy atom. The first-order valence-corrected chi connectivity index (χ1v) is 5.00. The van der Waals surface area contributed by atoms with E-state index in [9.17, 15) is 19.2 Å². The summed E-state index contributed by atoms with van der Waals surface area (Å²) in [6.45, 7) is 0. The Kier molecular flexibility index (Phi) is 2.71. The van der Waals surface area contributed by atoms with Gasteiger partial charge in [0.2, 0.25) is 0 Å². The van der Waals surface area contributed by atoms with Gasteiger partial charge in [0.1, 0.15) is 0 Å². The second kappa shape index (κ2) is 3.07. The van der Waals surface area contributed by atoms with E-state index >= 15 is 0 Å². The summed E-state index contributed by atoms with van der Waals surface area (Å²) >= 11 is -4.22. The molecule has 0 aliphatic rings. The zero-order chi connectivity index (χ0) is 7.33. The molecule has 0 aliphatic heterocycles. The van der Waals surface area contributed by atoms with Crippen molar-refractivity contribution in [1.29, 1.82) is 0 Å². The number of hydrogen-bond donors (Lipinski definition) is 0. The van der Waals surface area contributed by atoms with Crippen LogP contribution in [0.1, 0.15) is 0 Å². The van der Waals surface area contributed by atoms with Crippen molar-refractivity contribution in [2.24, 2.45) is 0 Å². The first kappa shape index (κ1) is 7.94. The number of hydrogen-bond acceptors (Lipinski definition) is 4. The van der Waals surface area contributed by atoms with E-state index in [1.54, 1.807) is 0 Å². The molecule has 0 aromatic carbocycles. The summed E-state index contributed by atoms with van der Waals surface area (Å²) in [6, 6.07) is 0. The maximum absolute atomic E-state index is 9.68. The van der Waals surface area contributed by atoms with Crippen LogP contribution in [0, 0.1) is 0 Å². The van der Waals surface area contributed by atoms with Gasteiger partial charge < -0.3 is 0 Å². The van der Waals surface area contributed by atoms with Crippen LogP contribution >= 0.6 is 0 Å². The van der Waals surface area contributed by atoms with Crippen molar-refractivity contribution in [1.82, 2.24) is 0 Å². The van der Waals surface area contributed by atoms with Crippen LogP contribution in [-0.2, 0) is 32.1 Å². The van der Waals surface area contributed by atoms with Gasteiger partial charge in [-0.05, 0) is 0 Å². The van der Waals surface area contributed by atoms with Crippen LogP contribution in [0.15, 0.2) is 0 Å². The first-order valence-electron chi connectivity index (χ1n) is 1.52. The Balaban J connectivity index is 7.65. The molecule has 0 saturated heterocycles. The van der Waals surface area contributed by atoms with Gasteiger partial charge in [0.25, 0.3) is 0 Å². The topological polar surface area (TPSA) is 68.3 Å². The van der Waals surface area contributed by atoms with Crippen molar-refractivity contribution in [2.45, 2.75) is 0 Å². The van der Waals surface area contributed by atoms with E-state index in [1.165, 1.54) is 0 Å². The molecule has 0 aromatic rings. The van der Waals surface area contributed by atoms with Gasteiger partial charge in [-0.3, -0.25) is 0 Å². The van der Waals surface area contributed by atoms with Crippen LogP contribution in [0.3, 0.4) is 0 Å². The summed E-state index contributed by atoms with van der Waals surface area (Å²) in [5.41, 5.74) is 0. The average Bonchev–Trinajstić information content (AvgIpc) is 1.95. The second-order valence-corrected chi connectivity index (χ2v) is 4.85. The molecule has 0 aromatic heterocycles. The molecule has 0 atom stereocenters. The molecule has 0 fully saturated rings. The van der Waals surface area contributed by atoms with E-state index in [0.717, 1.165) is 17.9 Å². The molecule has 5 heteroatoms. The molecule has 48 valence electrons. The number of carbonyl (C=O) groups excluding carboxylic acids is 4. The fourth-order valence-electron chi connectivity index (χ4n) is 0.0884. The molecule has 0 spiro atoms. The fraction of sp³-hybridized carbons (Fsp3) is 0. The van der Waals surface area contributed by atoms with Crippen LogP contribution in [0.5, 0.6) is 0 Å². The third-order valence-corrected chi connectivity index (χ3v) is 2.56. The van der Waals surface area contributed by atoms with Gasteiger partial charge in [0.05, 0.1) is 0 Å². The van der Waals surface area contributed by atoms with Crippen molar-refractivity contribution < 1.29 is 32.1 Å². The van der Waals surface area contributed by atoms with Gasteiger partial charge in [0.15, 0.2) is 0 Å². The van der Waals surface area contributed by atoms with E-state index in [1.807, 2.05) is 0 Å². The SMILES string of the molecule is O=[C]=[Ru](=[C]=O)(=[C]=O)=[C]=O. The Bertz CT molecular complexity index is 359. The van der Waals surface area contributed by atoms with Crippen molar-refractivity contribution in [3.05, 3.63) is 0 Å². The second-order valence-electron chi connectivity index (χ2n) is 0.819. The Morgan fingerprint density at radius 3 is 0.889 bits per heavy atom. The van der Waals surface area contributed by atoms with E-state index in [4.69, 9.17) is 0 Å². The van der Waals surface area contributed by atoms with Gasteiger partial charge in [-0.15, -0.1) is 0 Å². The van der Waals surface area contributed by atoms with Gasteiger partial charge >= 0.3 is 50.0 Å². The predicted octanol–water partition coefficient (Wildman–Crippen LogP) is -1.59. The monoisotopic (exact) mass is 214 g/mol. The van der Waals surface area contributed by atoms with Crippen molar-refractivity contribution in [2.75, 3.05) is 0 Å². The Morgan fingerprint density at radius 2 is 0.889 bits per heavy atom. The molecule has 0 heterocycles. The van der Waals surface area contributed by atoms with Crippen molar-refractivity contribution in [3.63, 3.8) is 0 Å². The van der Waals surface area contributed by atoms with Gasteiger partial charge in [-0.25, -0.2) is 0 Å². The normalized spacial score (nSPS) is 8.00. The summed E-state index contributed by atoms with van der Waals surface area (Å²) in [5, 5.41) is 0. The van der Waals surface area contributed by atoms with Crippen molar-refractivity contribution in [3.8, 4) is 0 Å². The fourth-order valence-corrected chi connectivity index (χ4v) is 0.523. The molecule has 0 radical (unpaired) electrons. The zero-order valence-corrected chi connectivity index (χ0v) is 5.72. The summed E-state index contributed by atoms with van der Waals surface area (Å²) in [6.07, 6.45) is 0.